The van der Waals surface area contributed by atoms with E-state index in [1.807, 2.05) is 6.92 Å². The Labute approximate surface area is 70.8 Å². The summed E-state index contributed by atoms with van der Waals surface area (Å²) in [6.45, 7) is 1.99. The molecule has 1 heterocycles. The van der Waals surface area contributed by atoms with Crippen molar-refractivity contribution in [3.8, 4) is 0 Å². The Morgan fingerprint density at radius 2 is 2.40 bits per heavy atom. The van der Waals surface area contributed by atoms with Gasteiger partial charge in [0.2, 0.25) is 0 Å². The van der Waals surface area contributed by atoms with Crippen LogP contribution in [0.15, 0.2) is 12.7 Å². The lowest BCUT2D eigenvalue weighted by atomic mass is 10.4. The first kappa shape index (κ1) is 9.72. The van der Waals surface area contributed by atoms with Gasteiger partial charge in [-0.25, -0.2) is 9.67 Å². The van der Waals surface area contributed by atoms with Crippen molar-refractivity contribution in [2.75, 3.05) is 5.88 Å². The summed E-state index contributed by atoms with van der Waals surface area (Å²) in [7, 11) is 0. The summed E-state index contributed by atoms with van der Waals surface area (Å²) >= 11 is 5.55. The Hall–Kier alpha value is -0.280. The van der Waals surface area contributed by atoms with E-state index in [0.717, 1.165) is 0 Å². The molecule has 0 aliphatic rings. The van der Waals surface area contributed by atoms with Crippen LogP contribution in [0.25, 0.3) is 0 Å². The normalized spacial score (nSPS) is 12.2. The fourth-order valence-electron chi connectivity index (χ4n) is 0.516. The van der Waals surface area contributed by atoms with Crippen LogP contribution in [0.2, 0.25) is 0 Å². The van der Waals surface area contributed by atoms with Gasteiger partial charge in [0.1, 0.15) is 12.7 Å². The zero-order valence-electron chi connectivity index (χ0n) is 5.57. The van der Waals surface area contributed by atoms with Gasteiger partial charge in [0.05, 0.1) is 6.04 Å². The van der Waals surface area contributed by atoms with E-state index in [0.29, 0.717) is 5.88 Å². The van der Waals surface area contributed by atoms with E-state index in [4.69, 9.17) is 11.6 Å². The molecule has 0 aliphatic heterocycles. The summed E-state index contributed by atoms with van der Waals surface area (Å²) in [5.41, 5.74) is 0. The van der Waals surface area contributed by atoms with Crippen LogP contribution < -0.4 is 0 Å². The molecular weight excluding hydrogens is 173 g/mol. The smallest absolute Gasteiger partial charge is 0.137 e. The minimum Gasteiger partial charge on any atom is -0.249 e. The highest BCUT2D eigenvalue weighted by molar-refractivity contribution is 6.18. The summed E-state index contributed by atoms with van der Waals surface area (Å²) in [5, 5.41) is 3.91. The molecule has 1 atom stereocenters. The minimum atomic E-state index is 0. The lowest BCUT2D eigenvalue weighted by molar-refractivity contribution is 0.536. The van der Waals surface area contributed by atoms with Gasteiger partial charge in [0, 0.05) is 5.88 Å². The van der Waals surface area contributed by atoms with Crippen molar-refractivity contribution >= 4 is 24.0 Å². The molecule has 0 saturated heterocycles. The minimum absolute atomic E-state index is 0. The third-order valence-corrected chi connectivity index (χ3v) is 1.56. The van der Waals surface area contributed by atoms with E-state index in [1.165, 1.54) is 6.33 Å². The predicted molar refractivity (Wildman–Crippen MR) is 42.7 cm³/mol. The predicted octanol–water partition coefficient (Wildman–Crippen LogP) is 1.50. The van der Waals surface area contributed by atoms with Gasteiger partial charge in [-0.15, -0.1) is 24.0 Å². The maximum absolute atomic E-state index is 5.55. The number of halogens is 2. The van der Waals surface area contributed by atoms with Crippen molar-refractivity contribution in [3.63, 3.8) is 0 Å². The Kier molecular flexibility index (Phi) is 4.40. The highest BCUT2D eigenvalue weighted by Crippen LogP contribution is 2.02. The summed E-state index contributed by atoms with van der Waals surface area (Å²) < 4.78 is 1.73. The van der Waals surface area contributed by atoms with Gasteiger partial charge in [-0.3, -0.25) is 0 Å². The van der Waals surface area contributed by atoms with Crippen LogP contribution in [0, 0.1) is 0 Å². The summed E-state index contributed by atoms with van der Waals surface area (Å²) in [6, 6.07) is 0.245. The first-order chi connectivity index (χ1) is 4.34. The van der Waals surface area contributed by atoms with E-state index in [1.54, 1.807) is 11.0 Å². The van der Waals surface area contributed by atoms with Gasteiger partial charge in [-0.05, 0) is 6.92 Å². The maximum atomic E-state index is 5.55. The van der Waals surface area contributed by atoms with Crippen LogP contribution in [0.3, 0.4) is 0 Å². The Balaban J connectivity index is 0.000000810. The van der Waals surface area contributed by atoms with Crippen molar-refractivity contribution in [3.05, 3.63) is 12.7 Å². The largest absolute Gasteiger partial charge is 0.249 e. The molecule has 10 heavy (non-hydrogen) atoms. The first-order valence-corrected chi connectivity index (χ1v) is 3.28. The topological polar surface area (TPSA) is 30.7 Å². The van der Waals surface area contributed by atoms with Gasteiger partial charge in [0.25, 0.3) is 0 Å². The lowest BCUT2D eigenvalue weighted by Crippen LogP contribution is -2.06. The van der Waals surface area contributed by atoms with Crippen molar-refractivity contribution in [2.45, 2.75) is 13.0 Å². The summed E-state index contributed by atoms with van der Waals surface area (Å²) in [4.78, 5) is 3.78. The van der Waals surface area contributed by atoms with Gasteiger partial charge >= 0.3 is 0 Å². The third-order valence-electron chi connectivity index (χ3n) is 1.11. The van der Waals surface area contributed by atoms with E-state index >= 15 is 0 Å². The number of nitrogens with zero attached hydrogens (tertiary/aromatic N) is 3. The van der Waals surface area contributed by atoms with Gasteiger partial charge in [0.15, 0.2) is 0 Å². The second-order valence-electron chi connectivity index (χ2n) is 1.88. The van der Waals surface area contributed by atoms with Crippen molar-refractivity contribution < 1.29 is 0 Å². The van der Waals surface area contributed by atoms with Crippen molar-refractivity contribution in [1.29, 1.82) is 0 Å². The number of hydrogen-bond donors (Lipinski definition) is 0. The molecule has 1 aromatic heterocycles. The summed E-state index contributed by atoms with van der Waals surface area (Å²) in [5.74, 6) is 0.573. The van der Waals surface area contributed by atoms with Crippen LogP contribution in [0.5, 0.6) is 0 Å². The molecule has 1 rings (SSSR count). The zero-order chi connectivity index (χ0) is 6.69. The average molecular weight is 182 g/mol. The standard InChI is InChI=1S/C5H8ClN3.ClH/c1-5(2-6)9-4-7-3-8-9;/h3-5H,2H2,1H3;1H. The fraction of sp³-hybridized carbons (Fsp3) is 0.600. The van der Waals surface area contributed by atoms with Crippen LogP contribution in [-0.2, 0) is 0 Å². The van der Waals surface area contributed by atoms with Gasteiger partial charge < -0.3 is 0 Å². The third kappa shape index (κ3) is 2.15. The molecule has 0 bridgehead atoms. The second kappa shape index (κ2) is 4.52. The SMILES string of the molecule is CC(CCl)n1cncn1.Cl. The van der Waals surface area contributed by atoms with Crippen LogP contribution in [-0.4, -0.2) is 20.6 Å². The molecule has 1 unspecified atom stereocenters. The summed E-state index contributed by atoms with van der Waals surface area (Å²) in [6.07, 6.45) is 3.16. The quantitative estimate of drug-likeness (QED) is 0.649. The maximum Gasteiger partial charge on any atom is 0.137 e. The Bertz CT molecular complexity index is 163. The molecule has 0 amide bonds. The second-order valence-corrected chi connectivity index (χ2v) is 2.19. The van der Waals surface area contributed by atoms with E-state index in [9.17, 15) is 0 Å². The molecule has 1 aromatic rings. The number of alkyl halides is 1. The molecule has 0 saturated carbocycles. The molecule has 0 fully saturated rings. The molecule has 58 valence electrons. The highest BCUT2D eigenvalue weighted by Gasteiger charge is 2.00. The molecule has 0 N–H and O–H groups in total. The average Bonchev–Trinajstić information content (AvgIpc) is 2.37. The molecule has 3 nitrogen and oxygen atoms in total. The van der Waals surface area contributed by atoms with Crippen LogP contribution in [0.4, 0.5) is 0 Å². The van der Waals surface area contributed by atoms with Gasteiger partial charge in [-0.2, -0.15) is 5.10 Å². The van der Waals surface area contributed by atoms with Crippen molar-refractivity contribution in [1.82, 2.24) is 14.8 Å². The monoisotopic (exact) mass is 181 g/mol. The Morgan fingerprint density at radius 1 is 1.70 bits per heavy atom. The van der Waals surface area contributed by atoms with Crippen molar-refractivity contribution in [2.24, 2.45) is 0 Å². The first-order valence-electron chi connectivity index (χ1n) is 2.74. The number of rotatable bonds is 2. The van der Waals surface area contributed by atoms with E-state index in [-0.39, 0.29) is 18.4 Å². The molecule has 0 aromatic carbocycles. The molecular formula is C5H9Cl2N3. The number of aromatic nitrogens is 3. The highest BCUT2D eigenvalue weighted by atomic mass is 35.5. The van der Waals surface area contributed by atoms with Crippen LogP contribution in [0.1, 0.15) is 13.0 Å². The Morgan fingerprint density at radius 3 is 2.80 bits per heavy atom. The number of hydrogen-bond acceptors (Lipinski definition) is 2. The fourth-order valence-corrected chi connectivity index (χ4v) is 0.657. The molecule has 0 aliphatic carbocycles. The zero-order valence-corrected chi connectivity index (χ0v) is 7.14. The van der Waals surface area contributed by atoms with E-state index in [2.05, 4.69) is 10.1 Å². The van der Waals surface area contributed by atoms with Crippen LogP contribution >= 0.6 is 24.0 Å². The molecule has 0 radical (unpaired) electrons. The molecule has 5 heteroatoms. The van der Waals surface area contributed by atoms with E-state index < -0.39 is 0 Å². The lowest BCUT2D eigenvalue weighted by Gasteiger charge is -2.04. The molecule has 0 spiro atoms. The van der Waals surface area contributed by atoms with Gasteiger partial charge in [-0.1, -0.05) is 0 Å².